The van der Waals surface area contributed by atoms with Crippen LogP contribution in [0.4, 0.5) is 4.79 Å². The van der Waals surface area contributed by atoms with Gasteiger partial charge in [0.15, 0.2) is 6.61 Å². The van der Waals surface area contributed by atoms with E-state index in [1.165, 1.54) is 0 Å². The summed E-state index contributed by atoms with van der Waals surface area (Å²) in [6, 6.07) is 0. The van der Waals surface area contributed by atoms with Crippen LogP contribution in [0, 0.1) is 5.92 Å². The van der Waals surface area contributed by atoms with Gasteiger partial charge in [-0.05, 0) is 18.0 Å². The summed E-state index contributed by atoms with van der Waals surface area (Å²) in [5.74, 6) is -0.272. The second-order valence-electron chi connectivity index (χ2n) is 5.43. The van der Waals surface area contributed by atoms with Gasteiger partial charge in [0.25, 0.3) is 11.8 Å². The average Bonchev–Trinajstić information content (AvgIpc) is 3.02. The topological polar surface area (TPSA) is 92.7 Å². The fraction of sp³-hybridized carbons (Fsp3) is 0.615. The maximum Gasteiger partial charge on any atom is 0.417 e. The first-order valence-electron chi connectivity index (χ1n) is 7.17. The van der Waals surface area contributed by atoms with E-state index < -0.39 is 6.09 Å². The van der Waals surface area contributed by atoms with Gasteiger partial charge in [-0.1, -0.05) is 17.8 Å². The first-order valence-corrected chi connectivity index (χ1v) is 7.95. The molecule has 9 heteroatoms. The summed E-state index contributed by atoms with van der Waals surface area (Å²) in [5, 5.41) is 4.00. The smallest absolute Gasteiger partial charge is 0.417 e. The van der Waals surface area contributed by atoms with Crippen LogP contribution < -0.4 is 0 Å². The van der Waals surface area contributed by atoms with Crippen LogP contribution in [-0.4, -0.2) is 63.5 Å². The van der Waals surface area contributed by atoms with Crippen LogP contribution in [0.15, 0.2) is 0 Å². The van der Waals surface area contributed by atoms with Crippen molar-refractivity contribution in [1.82, 2.24) is 19.4 Å². The van der Waals surface area contributed by atoms with E-state index in [-0.39, 0.29) is 24.3 Å². The van der Waals surface area contributed by atoms with E-state index >= 15 is 0 Å². The van der Waals surface area contributed by atoms with Gasteiger partial charge in [-0.25, -0.2) is 9.69 Å². The van der Waals surface area contributed by atoms with E-state index in [4.69, 9.17) is 0 Å². The normalized spacial score (nSPS) is 18.6. The maximum absolute atomic E-state index is 12.4. The number of carbonyl (C=O) groups excluding carboxylic acids is 3. The molecule has 0 N–H and O–H groups in total. The van der Waals surface area contributed by atoms with E-state index in [2.05, 4.69) is 14.3 Å². The monoisotopic (exact) mass is 324 g/mol. The van der Waals surface area contributed by atoms with Crippen LogP contribution in [-0.2, 0) is 16.0 Å². The quantitative estimate of drug-likeness (QED) is 0.785. The van der Waals surface area contributed by atoms with Crippen molar-refractivity contribution in [3.05, 3.63) is 10.6 Å². The Labute approximate surface area is 131 Å². The Morgan fingerprint density at radius 3 is 2.82 bits per heavy atom. The number of aryl methyl sites for hydroxylation is 1. The third-order valence-corrected chi connectivity index (χ3v) is 4.52. The second-order valence-corrected chi connectivity index (χ2v) is 6.19. The Hall–Kier alpha value is -2.03. The largest absolute Gasteiger partial charge is 0.439 e. The van der Waals surface area contributed by atoms with Crippen molar-refractivity contribution < 1.29 is 19.1 Å². The fourth-order valence-electron chi connectivity index (χ4n) is 2.58. The highest BCUT2D eigenvalue weighted by Crippen LogP contribution is 2.24. The average molecular weight is 324 g/mol. The minimum Gasteiger partial charge on any atom is -0.439 e. The van der Waals surface area contributed by atoms with Gasteiger partial charge < -0.3 is 9.64 Å². The number of imide groups is 1. The second kappa shape index (κ2) is 5.99. The summed E-state index contributed by atoms with van der Waals surface area (Å²) in [6.45, 7) is 3.21. The van der Waals surface area contributed by atoms with E-state index in [0.717, 1.165) is 35.0 Å². The number of amides is 3. The van der Waals surface area contributed by atoms with Gasteiger partial charge in [-0.2, -0.15) is 0 Å². The van der Waals surface area contributed by atoms with Crippen molar-refractivity contribution >= 4 is 29.4 Å². The van der Waals surface area contributed by atoms with Crippen LogP contribution in [0.5, 0.6) is 0 Å². The van der Waals surface area contributed by atoms with Gasteiger partial charge in [-0.3, -0.25) is 9.59 Å². The molecule has 0 radical (unpaired) electrons. The molecular weight excluding hydrogens is 308 g/mol. The molecule has 0 spiro atoms. The number of carbonyl (C=O) groups is 3. The fourth-order valence-corrected chi connectivity index (χ4v) is 3.26. The summed E-state index contributed by atoms with van der Waals surface area (Å²) in [7, 11) is 0. The molecule has 22 heavy (non-hydrogen) atoms. The minimum absolute atomic E-state index is 0.0648. The van der Waals surface area contributed by atoms with E-state index in [9.17, 15) is 14.4 Å². The van der Waals surface area contributed by atoms with Crippen molar-refractivity contribution in [1.29, 1.82) is 0 Å². The summed E-state index contributed by atoms with van der Waals surface area (Å²) in [5.41, 5.74) is 0.749. The molecule has 118 valence electrons. The first-order chi connectivity index (χ1) is 10.6. The molecule has 0 saturated carbocycles. The van der Waals surface area contributed by atoms with Gasteiger partial charge in [-0.15, -0.1) is 5.10 Å². The van der Waals surface area contributed by atoms with Gasteiger partial charge >= 0.3 is 6.09 Å². The van der Waals surface area contributed by atoms with Crippen molar-refractivity contribution in [2.75, 3.05) is 26.2 Å². The van der Waals surface area contributed by atoms with Crippen molar-refractivity contribution in [2.45, 2.75) is 19.8 Å². The van der Waals surface area contributed by atoms with Crippen LogP contribution in [0.2, 0.25) is 0 Å². The van der Waals surface area contributed by atoms with Crippen LogP contribution in [0.1, 0.15) is 28.7 Å². The highest BCUT2D eigenvalue weighted by atomic mass is 32.1. The molecule has 3 amide bonds. The standard InChI is InChI=1S/C13H16N4O4S/c1-2-3-9-11(22-15-14-9)12(19)16-4-8(5-16)6-17-10(18)7-21-13(17)20/h8H,2-7H2,1H3. The predicted molar refractivity (Wildman–Crippen MR) is 76.4 cm³/mol. The van der Waals surface area contributed by atoms with Gasteiger partial charge in [0, 0.05) is 25.6 Å². The van der Waals surface area contributed by atoms with Crippen LogP contribution in [0.3, 0.4) is 0 Å². The number of cyclic esters (lactones) is 1. The Kier molecular flexibility index (Phi) is 4.06. The maximum atomic E-state index is 12.4. The Morgan fingerprint density at radius 2 is 2.18 bits per heavy atom. The SMILES string of the molecule is CCCc1nnsc1C(=O)N1CC(CN2C(=O)COC2=O)C1. The first kappa shape index (κ1) is 14.9. The molecule has 3 rings (SSSR count). The number of hydrogen-bond donors (Lipinski definition) is 0. The molecule has 2 saturated heterocycles. The Morgan fingerprint density at radius 1 is 1.41 bits per heavy atom. The molecule has 1 aromatic heterocycles. The molecule has 0 aromatic carbocycles. The lowest BCUT2D eigenvalue weighted by molar-refractivity contribution is -0.126. The van der Waals surface area contributed by atoms with Crippen molar-refractivity contribution in [2.24, 2.45) is 5.92 Å². The number of ether oxygens (including phenoxy) is 1. The molecule has 2 fully saturated rings. The zero-order valence-corrected chi connectivity index (χ0v) is 13.0. The lowest BCUT2D eigenvalue weighted by atomic mass is 9.99. The molecule has 3 heterocycles. The van der Waals surface area contributed by atoms with Crippen LogP contribution in [0.25, 0.3) is 0 Å². The molecule has 0 atom stereocenters. The molecule has 0 aliphatic carbocycles. The highest BCUT2D eigenvalue weighted by Gasteiger charge is 2.39. The number of hydrogen-bond acceptors (Lipinski definition) is 7. The highest BCUT2D eigenvalue weighted by molar-refractivity contribution is 7.08. The lowest BCUT2D eigenvalue weighted by Crippen LogP contribution is -2.54. The summed E-state index contributed by atoms with van der Waals surface area (Å²) < 4.78 is 8.52. The summed E-state index contributed by atoms with van der Waals surface area (Å²) >= 11 is 1.12. The molecule has 8 nitrogen and oxygen atoms in total. The minimum atomic E-state index is -0.591. The molecule has 2 aliphatic rings. The molecule has 0 unspecified atom stereocenters. The molecule has 2 aliphatic heterocycles. The zero-order valence-electron chi connectivity index (χ0n) is 12.2. The van der Waals surface area contributed by atoms with Crippen LogP contribution >= 0.6 is 11.5 Å². The van der Waals surface area contributed by atoms with E-state index in [1.807, 2.05) is 6.92 Å². The number of rotatable bonds is 5. The van der Waals surface area contributed by atoms with Gasteiger partial charge in [0.2, 0.25) is 0 Å². The zero-order chi connectivity index (χ0) is 15.7. The van der Waals surface area contributed by atoms with Crippen molar-refractivity contribution in [3.8, 4) is 0 Å². The summed E-state index contributed by atoms with van der Waals surface area (Å²) in [6.07, 6.45) is 1.06. The Bertz CT molecular complexity index is 595. The third kappa shape index (κ3) is 2.68. The number of aromatic nitrogens is 2. The van der Waals surface area contributed by atoms with Crippen molar-refractivity contribution in [3.63, 3.8) is 0 Å². The molecule has 0 bridgehead atoms. The Balaban J connectivity index is 1.54. The number of nitrogens with zero attached hydrogens (tertiary/aromatic N) is 4. The summed E-state index contributed by atoms with van der Waals surface area (Å²) in [4.78, 5) is 38.6. The molecular formula is C13H16N4O4S. The third-order valence-electron chi connectivity index (χ3n) is 3.76. The van der Waals surface area contributed by atoms with E-state index in [0.29, 0.717) is 24.5 Å². The van der Waals surface area contributed by atoms with Gasteiger partial charge in [0.1, 0.15) is 4.88 Å². The van der Waals surface area contributed by atoms with E-state index in [1.54, 1.807) is 4.90 Å². The molecule has 1 aromatic rings. The number of likely N-dealkylation sites (tertiary alicyclic amines) is 1. The predicted octanol–water partition coefficient (Wildman–Crippen LogP) is 0.541. The van der Waals surface area contributed by atoms with Gasteiger partial charge in [0.05, 0.1) is 5.69 Å². The lowest BCUT2D eigenvalue weighted by Gasteiger charge is -2.39.